The Labute approximate surface area is 156 Å². The van der Waals surface area contributed by atoms with Gasteiger partial charge >= 0.3 is 5.97 Å². The Balaban J connectivity index is 1.30. The summed E-state index contributed by atoms with van der Waals surface area (Å²) in [7, 11) is 0. The highest BCUT2D eigenvalue weighted by molar-refractivity contribution is 7.00. The summed E-state index contributed by atoms with van der Waals surface area (Å²) in [6.07, 6.45) is 0. The zero-order valence-corrected chi connectivity index (χ0v) is 14.6. The number of rotatable bonds is 4. The van der Waals surface area contributed by atoms with Gasteiger partial charge in [-0.15, -0.1) is 0 Å². The summed E-state index contributed by atoms with van der Waals surface area (Å²) in [4.78, 5) is 12.2. The third-order valence-corrected chi connectivity index (χ3v) is 4.62. The van der Waals surface area contributed by atoms with Gasteiger partial charge in [0.25, 0.3) is 0 Å². The van der Waals surface area contributed by atoms with Crippen LogP contribution in [0.4, 0.5) is 0 Å². The summed E-state index contributed by atoms with van der Waals surface area (Å²) in [5, 5.41) is 4.91. The fourth-order valence-corrected chi connectivity index (χ4v) is 3.25. The van der Waals surface area contributed by atoms with E-state index in [2.05, 4.69) is 13.9 Å². The number of furan rings is 1. The van der Waals surface area contributed by atoms with Crippen LogP contribution in [-0.4, -0.2) is 19.9 Å². The molecule has 0 aliphatic carbocycles. The van der Waals surface area contributed by atoms with Crippen molar-refractivity contribution >= 4 is 39.7 Å². The predicted octanol–water partition coefficient (Wildman–Crippen LogP) is 4.45. The Hall–Kier alpha value is -3.52. The smallest absolute Gasteiger partial charge is 0.338 e. The predicted molar refractivity (Wildman–Crippen MR) is 98.2 cm³/mol. The van der Waals surface area contributed by atoms with Crippen LogP contribution in [0.1, 0.15) is 16.1 Å². The lowest BCUT2D eigenvalue weighted by Crippen LogP contribution is -2.05. The molecule has 0 aliphatic rings. The number of hydrogen-bond acceptors (Lipinski definition) is 8. The van der Waals surface area contributed by atoms with Gasteiger partial charge in [-0.25, -0.2) is 4.79 Å². The zero-order chi connectivity index (χ0) is 18.2. The zero-order valence-electron chi connectivity index (χ0n) is 13.8. The van der Waals surface area contributed by atoms with Gasteiger partial charge in [-0.1, -0.05) is 23.4 Å². The molecule has 5 aromatic rings. The average molecular weight is 377 g/mol. The lowest BCUT2D eigenvalue weighted by molar-refractivity contribution is 0.0464. The first-order valence-corrected chi connectivity index (χ1v) is 8.83. The maximum atomic E-state index is 12.2. The second-order valence-electron chi connectivity index (χ2n) is 5.87. The number of benzene rings is 2. The Morgan fingerprint density at radius 1 is 1.00 bits per heavy atom. The Morgan fingerprint density at radius 3 is 2.81 bits per heavy atom. The molecule has 0 saturated carbocycles. The Morgan fingerprint density at radius 2 is 1.89 bits per heavy atom. The summed E-state index contributed by atoms with van der Waals surface area (Å²) in [6.45, 7) is -0.00405. The van der Waals surface area contributed by atoms with Crippen LogP contribution in [0, 0.1) is 0 Å². The van der Waals surface area contributed by atoms with Crippen molar-refractivity contribution in [2.75, 3.05) is 0 Å². The second kappa shape index (κ2) is 6.33. The van der Waals surface area contributed by atoms with Gasteiger partial charge < -0.3 is 13.7 Å². The van der Waals surface area contributed by atoms with E-state index in [0.29, 0.717) is 28.3 Å². The van der Waals surface area contributed by atoms with Crippen LogP contribution in [0.3, 0.4) is 0 Å². The van der Waals surface area contributed by atoms with E-state index < -0.39 is 5.97 Å². The topological polar surface area (TPSA) is 91.2 Å². The molecule has 0 N–H and O–H groups in total. The van der Waals surface area contributed by atoms with Crippen LogP contribution in [0.2, 0.25) is 0 Å². The molecule has 8 heteroatoms. The van der Waals surface area contributed by atoms with Crippen molar-refractivity contribution in [1.29, 1.82) is 0 Å². The molecule has 0 spiro atoms. The first-order chi connectivity index (χ1) is 13.3. The van der Waals surface area contributed by atoms with Crippen molar-refractivity contribution < 1.29 is 18.5 Å². The highest BCUT2D eigenvalue weighted by Gasteiger charge is 2.14. The van der Waals surface area contributed by atoms with Gasteiger partial charge in [-0.05, 0) is 30.3 Å². The summed E-state index contributed by atoms with van der Waals surface area (Å²) in [5.74, 6) is 0.591. The third kappa shape index (κ3) is 2.96. The van der Waals surface area contributed by atoms with Gasteiger partial charge in [0.05, 0.1) is 17.3 Å². The maximum Gasteiger partial charge on any atom is 0.338 e. The van der Waals surface area contributed by atoms with Crippen LogP contribution in [0.25, 0.3) is 33.5 Å². The largest absolute Gasteiger partial charge is 0.455 e. The fraction of sp³-hybridized carbons (Fsp3) is 0.0526. The van der Waals surface area contributed by atoms with E-state index in [-0.39, 0.29) is 6.61 Å². The molecule has 5 rings (SSSR count). The van der Waals surface area contributed by atoms with Crippen molar-refractivity contribution in [2.45, 2.75) is 6.61 Å². The minimum absolute atomic E-state index is 0.00405. The molecular weight excluding hydrogens is 366 g/mol. The van der Waals surface area contributed by atoms with Gasteiger partial charge in [-0.3, -0.25) is 0 Å². The standard InChI is InChI=1S/C19H11N3O4S/c23-19(12-5-6-14-15(7-12)22-27-21-14)24-10-13-9-18(26-20-13)17-8-11-3-1-2-4-16(11)25-17/h1-9H,10H2. The lowest BCUT2D eigenvalue weighted by Gasteiger charge is -2.01. The molecule has 7 nitrogen and oxygen atoms in total. The van der Waals surface area contributed by atoms with Gasteiger partial charge in [-0.2, -0.15) is 8.75 Å². The van der Waals surface area contributed by atoms with E-state index in [4.69, 9.17) is 13.7 Å². The Kier molecular flexibility index (Phi) is 3.68. The highest BCUT2D eigenvalue weighted by Crippen LogP contribution is 2.28. The molecule has 0 atom stereocenters. The number of para-hydroxylation sites is 1. The van der Waals surface area contributed by atoms with Crippen molar-refractivity contribution in [3.8, 4) is 11.5 Å². The van der Waals surface area contributed by atoms with Crippen LogP contribution in [0.15, 0.2) is 63.5 Å². The minimum Gasteiger partial charge on any atom is -0.455 e. The average Bonchev–Trinajstić information content (AvgIpc) is 3.43. The van der Waals surface area contributed by atoms with Crippen LogP contribution < -0.4 is 0 Å². The molecule has 0 saturated heterocycles. The van der Waals surface area contributed by atoms with Gasteiger partial charge in [0.15, 0.2) is 5.76 Å². The van der Waals surface area contributed by atoms with Crippen LogP contribution >= 0.6 is 11.7 Å². The molecule has 3 heterocycles. The van der Waals surface area contributed by atoms with Crippen molar-refractivity contribution in [3.63, 3.8) is 0 Å². The van der Waals surface area contributed by atoms with Crippen molar-refractivity contribution in [3.05, 3.63) is 65.9 Å². The third-order valence-electron chi connectivity index (χ3n) is 4.07. The SMILES string of the molecule is O=C(OCc1cc(-c2cc3ccccc3o2)on1)c1ccc2nsnc2c1. The quantitative estimate of drug-likeness (QED) is 0.427. The molecule has 0 bridgehead atoms. The highest BCUT2D eigenvalue weighted by atomic mass is 32.1. The Bertz CT molecular complexity index is 1240. The van der Waals surface area contributed by atoms with E-state index in [1.54, 1.807) is 24.3 Å². The number of carbonyl (C=O) groups is 1. The van der Waals surface area contributed by atoms with Crippen LogP contribution in [0.5, 0.6) is 0 Å². The number of aromatic nitrogens is 3. The van der Waals surface area contributed by atoms with Gasteiger partial charge in [0.2, 0.25) is 5.76 Å². The van der Waals surface area contributed by atoms with E-state index in [9.17, 15) is 4.79 Å². The normalized spacial score (nSPS) is 11.3. The molecule has 0 radical (unpaired) electrons. The second-order valence-corrected chi connectivity index (χ2v) is 6.40. The minimum atomic E-state index is -0.460. The molecule has 0 unspecified atom stereocenters. The summed E-state index contributed by atoms with van der Waals surface area (Å²) < 4.78 is 24.6. The summed E-state index contributed by atoms with van der Waals surface area (Å²) >= 11 is 1.10. The number of nitrogens with zero attached hydrogens (tertiary/aromatic N) is 3. The number of hydrogen-bond donors (Lipinski definition) is 0. The van der Waals surface area contributed by atoms with Crippen LogP contribution in [-0.2, 0) is 11.3 Å². The monoisotopic (exact) mass is 377 g/mol. The van der Waals surface area contributed by atoms with Gasteiger partial charge in [0.1, 0.15) is 28.9 Å². The first kappa shape index (κ1) is 15.7. The van der Waals surface area contributed by atoms with E-state index in [1.807, 2.05) is 30.3 Å². The molecule has 0 fully saturated rings. The first-order valence-electron chi connectivity index (χ1n) is 8.10. The van der Waals surface area contributed by atoms with Crippen molar-refractivity contribution in [2.24, 2.45) is 0 Å². The summed E-state index contributed by atoms with van der Waals surface area (Å²) in [5.41, 5.74) is 3.10. The molecule has 3 aromatic heterocycles. The lowest BCUT2D eigenvalue weighted by atomic mass is 10.2. The number of ether oxygens (including phenoxy) is 1. The van der Waals surface area contributed by atoms with Crippen molar-refractivity contribution in [1.82, 2.24) is 13.9 Å². The number of carbonyl (C=O) groups excluding carboxylic acids is 1. The molecular formula is C19H11N3O4S. The number of esters is 1. The molecule has 27 heavy (non-hydrogen) atoms. The van der Waals surface area contributed by atoms with E-state index in [0.717, 1.165) is 28.2 Å². The fourth-order valence-electron chi connectivity index (χ4n) is 2.73. The number of fused-ring (bicyclic) bond motifs is 2. The maximum absolute atomic E-state index is 12.2. The molecule has 2 aromatic carbocycles. The van der Waals surface area contributed by atoms with E-state index >= 15 is 0 Å². The summed E-state index contributed by atoms with van der Waals surface area (Å²) in [6, 6.07) is 16.3. The molecule has 0 amide bonds. The molecule has 132 valence electrons. The van der Waals surface area contributed by atoms with E-state index in [1.165, 1.54) is 0 Å². The molecule has 0 aliphatic heterocycles. The van der Waals surface area contributed by atoms with Gasteiger partial charge in [0, 0.05) is 11.5 Å².